The fourth-order valence-electron chi connectivity index (χ4n) is 1.80. The average molecular weight is 277 g/mol. The van der Waals surface area contributed by atoms with Gasteiger partial charge in [-0.3, -0.25) is 5.32 Å². The summed E-state index contributed by atoms with van der Waals surface area (Å²) in [5, 5.41) is 13.4. The lowest BCUT2D eigenvalue weighted by Gasteiger charge is -2.19. The summed E-state index contributed by atoms with van der Waals surface area (Å²) in [4.78, 5) is 11.7. The number of rotatable bonds is 1. The molecule has 0 saturated carbocycles. The molecule has 0 spiro atoms. The Labute approximate surface area is 116 Å². The summed E-state index contributed by atoms with van der Waals surface area (Å²) < 4.78 is 18.2. The summed E-state index contributed by atoms with van der Waals surface area (Å²) in [6.45, 7) is 5.27. The third-order valence-electron chi connectivity index (χ3n) is 2.54. The first kappa shape index (κ1) is 14.1. The number of hydrogen-bond acceptors (Lipinski definition) is 3. The van der Waals surface area contributed by atoms with Crippen LogP contribution in [0.4, 0.5) is 14.9 Å². The molecule has 2 aromatic rings. The van der Waals surface area contributed by atoms with Crippen LogP contribution < -0.4 is 5.32 Å². The summed E-state index contributed by atoms with van der Waals surface area (Å²) in [6.07, 6.45) is -0.613. The molecule has 106 valence electrons. The molecule has 0 bridgehead atoms. The summed E-state index contributed by atoms with van der Waals surface area (Å²) in [5.41, 5.74) is -0.220. The Morgan fingerprint density at radius 1 is 1.25 bits per heavy atom. The number of amides is 1. The van der Waals surface area contributed by atoms with Crippen molar-refractivity contribution in [2.45, 2.75) is 26.4 Å². The highest BCUT2D eigenvalue weighted by atomic mass is 19.1. The van der Waals surface area contributed by atoms with Crippen LogP contribution in [0.1, 0.15) is 20.8 Å². The first-order chi connectivity index (χ1) is 9.24. The van der Waals surface area contributed by atoms with Crippen molar-refractivity contribution < 1.29 is 19.0 Å². The van der Waals surface area contributed by atoms with Gasteiger partial charge in [-0.15, -0.1) is 0 Å². The van der Waals surface area contributed by atoms with Crippen LogP contribution >= 0.6 is 0 Å². The average Bonchev–Trinajstić information content (AvgIpc) is 2.27. The first-order valence-electron chi connectivity index (χ1n) is 6.17. The molecule has 2 N–H and O–H groups in total. The fraction of sp³-hybridized carbons (Fsp3) is 0.267. The van der Waals surface area contributed by atoms with Gasteiger partial charge in [0.1, 0.15) is 17.2 Å². The van der Waals surface area contributed by atoms with Crippen molar-refractivity contribution in [2.75, 3.05) is 5.32 Å². The Balaban J connectivity index is 2.28. The lowest BCUT2D eigenvalue weighted by molar-refractivity contribution is 0.0636. The maximum Gasteiger partial charge on any atom is 0.412 e. The lowest BCUT2D eigenvalue weighted by Crippen LogP contribution is -2.27. The standard InChI is InChI=1S/C15H16FNO3/c1-15(2,3)20-14(19)17-11-6-9-4-5-10(16)7-12(9)13(18)8-11/h4-8,18H,1-3H3,(H,17,19). The molecule has 0 atom stereocenters. The number of carbonyl (C=O) groups excluding carboxylic acids is 1. The van der Waals surface area contributed by atoms with Crippen molar-refractivity contribution >= 4 is 22.6 Å². The molecule has 0 fully saturated rings. The zero-order chi connectivity index (χ0) is 14.9. The molecular weight excluding hydrogens is 261 g/mol. The first-order valence-corrected chi connectivity index (χ1v) is 6.17. The van der Waals surface area contributed by atoms with E-state index in [0.29, 0.717) is 16.5 Å². The van der Waals surface area contributed by atoms with E-state index < -0.39 is 17.5 Å². The molecular formula is C15H16FNO3. The number of ether oxygens (including phenoxy) is 1. The highest BCUT2D eigenvalue weighted by Gasteiger charge is 2.16. The van der Waals surface area contributed by atoms with E-state index in [9.17, 15) is 14.3 Å². The summed E-state index contributed by atoms with van der Waals surface area (Å²) in [7, 11) is 0. The maximum atomic E-state index is 13.1. The molecule has 0 aromatic heterocycles. The number of halogens is 1. The number of hydrogen-bond donors (Lipinski definition) is 2. The fourth-order valence-corrected chi connectivity index (χ4v) is 1.80. The van der Waals surface area contributed by atoms with E-state index in [1.54, 1.807) is 26.8 Å². The van der Waals surface area contributed by atoms with Gasteiger partial charge in [0, 0.05) is 17.1 Å². The van der Waals surface area contributed by atoms with Gasteiger partial charge < -0.3 is 9.84 Å². The van der Waals surface area contributed by atoms with Gasteiger partial charge in [0.2, 0.25) is 0 Å². The molecule has 2 aromatic carbocycles. The summed E-state index contributed by atoms with van der Waals surface area (Å²) in [6, 6.07) is 7.05. The Kier molecular flexibility index (Phi) is 3.53. The molecule has 0 saturated heterocycles. The number of phenolic OH excluding ortho intramolecular Hbond substituents is 1. The summed E-state index contributed by atoms with van der Waals surface area (Å²) >= 11 is 0. The van der Waals surface area contributed by atoms with E-state index in [4.69, 9.17) is 4.74 Å². The number of nitrogens with one attached hydrogen (secondary N) is 1. The molecule has 0 aliphatic rings. The highest BCUT2D eigenvalue weighted by molar-refractivity contribution is 5.94. The van der Waals surface area contributed by atoms with Crippen molar-refractivity contribution in [2.24, 2.45) is 0 Å². The van der Waals surface area contributed by atoms with E-state index >= 15 is 0 Å². The van der Waals surface area contributed by atoms with Gasteiger partial charge in [-0.2, -0.15) is 0 Å². The smallest absolute Gasteiger partial charge is 0.412 e. The molecule has 0 aliphatic carbocycles. The molecule has 0 aliphatic heterocycles. The van der Waals surface area contributed by atoms with Gasteiger partial charge >= 0.3 is 6.09 Å². The van der Waals surface area contributed by atoms with E-state index in [0.717, 1.165) is 0 Å². The minimum absolute atomic E-state index is 0.104. The normalized spacial score (nSPS) is 11.4. The van der Waals surface area contributed by atoms with E-state index in [-0.39, 0.29) is 5.75 Å². The van der Waals surface area contributed by atoms with Crippen molar-refractivity contribution in [1.82, 2.24) is 0 Å². The van der Waals surface area contributed by atoms with Crippen LogP contribution in [-0.4, -0.2) is 16.8 Å². The Bertz CT molecular complexity index is 662. The third-order valence-corrected chi connectivity index (χ3v) is 2.54. The molecule has 2 rings (SSSR count). The van der Waals surface area contributed by atoms with Gasteiger partial charge in [0.05, 0.1) is 0 Å². The SMILES string of the molecule is CC(C)(C)OC(=O)Nc1cc(O)c2cc(F)ccc2c1. The lowest BCUT2D eigenvalue weighted by atomic mass is 10.1. The Morgan fingerprint density at radius 3 is 2.60 bits per heavy atom. The topological polar surface area (TPSA) is 58.6 Å². The Morgan fingerprint density at radius 2 is 1.95 bits per heavy atom. The minimum atomic E-state index is -0.613. The molecule has 20 heavy (non-hydrogen) atoms. The van der Waals surface area contributed by atoms with Crippen LogP contribution in [0.2, 0.25) is 0 Å². The van der Waals surface area contributed by atoms with Gasteiger partial charge in [-0.25, -0.2) is 9.18 Å². The quantitative estimate of drug-likeness (QED) is 0.827. The van der Waals surface area contributed by atoms with Crippen LogP contribution in [0.15, 0.2) is 30.3 Å². The Hall–Kier alpha value is -2.30. The van der Waals surface area contributed by atoms with Crippen molar-refractivity contribution in [3.8, 4) is 5.75 Å². The van der Waals surface area contributed by atoms with Crippen LogP contribution in [0.3, 0.4) is 0 Å². The van der Waals surface area contributed by atoms with Crippen LogP contribution in [0.5, 0.6) is 5.75 Å². The molecule has 0 radical (unpaired) electrons. The minimum Gasteiger partial charge on any atom is -0.507 e. The van der Waals surface area contributed by atoms with Crippen LogP contribution in [0.25, 0.3) is 10.8 Å². The maximum absolute atomic E-state index is 13.1. The monoisotopic (exact) mass is 277 g/mol. The highest BCUT2D eigenvalue weighted by Crippen LogP contribution is 2.29. The summed E-state index contributed by atoms with van der Waals surface area (Å²) in [5.74, 6) is -0.534. The van der Waals surface area contributed by atoms with Gasteiger partial charge in [0.25, 0.3) is 0 Å². The number of benzene rings is 2. The molecule has 1 amide bonds. The van der Waals surface area contributed by atoms with Gasteiger partial charge in [-0.1, -0.05) is 6.07 Å². The third kappa shape index (κ3) is 3.38. The number of anilines is 1. The molecule has 5 heteroatoms. The predicted molar refractivity (Wildman–Crippen MR) is 75.4 cm³/mol. The second-order valence-electron chi connectivity index (χ2n) is 5.49. The molecule has 4 nitrogen and oxygen atoms in total. The van der Waals surface area contributed by atoms with Crippen molar-refractivity contribution in [3.05, 3.63) is 36.1 Å². The second-order valence-corrected chi connectivity index (χ2v) is 5.49. The number of phenols is 1. The van der Waals surface area contributed by atoms with Crippen molar-refractivity contribution in [3.63, 3.8) is 0 Å². The number of carbonyl (C=O) groups is 1. The van der Waals surface area contributed by atoms with E-state index in [1.165, 1.54) is 24.3 Å². The van der Waals surface area contributed by atoms with Crippen LogP contribution in [-0.2, 0) is 4.74 Å². The van der Waals surface area contributed by atoms with Crippen molar-refractivity contribution in [1.29, 1.82) is 0 Å². The number of aromatic hydroxyl groups is 1. The van der Waals surface area contributed by atoms with E-state index in [2.05, 4.69) is 5.32 Å². The second kappa shape index (κ2) is 5.00. The number of fused-ring (bicyclic) bond motifs is 1. The zero-order valence-electron chi connectivity index (χ0n) is 11.5. The van der Waals surface area contributed by atoms with Gasteiger partial charge in [-0.05, 0) is 44.4 Å². The molecule has 0 heterocycles. The zero-order valence-corrected chi connectivity index (χ0v) is 11.5. The molecule has 0 unspecified atom stereocenters. The predicted octanol–water partition coefficient (Wildman–Crippen LogP) is 4.03. The largest absolute Gasteiger partial charge is 0.507 e. The van der Waals surface area contributed by atoms with Gasteiger partial charge in [0.15, 0.2) is 0 Å². The van der Waals surface area contributed by atoms with Crippen LogP contribution in [0, 0.1) is 5.82 Å². The van der Waals surface area contributed by atoms with E-state index in [1.807, 2.05) is 0 Å².